The molecule has 0 unspecified atom stereocenters. The number of aromatic amines is 2. The number of rotatable bonds is 5. The van der Waals surface area contributed by atoms with Crippen LogP contribution in [0.2, 0.25) is 0 Å². The van der Waals surface area contributed by atoms with Crippen LogP contribution in [0.4, 0.5) is 0 Å². The van der Waals surface area contributed by atoms with E-state index >= 15 is 0 Å². The third-order valence-electron chi connectivity index (χ3n) is 6.53. The Balaban J connectivity index is 0.000000242. The molecule has 2 fully saturated rings. The SMILES string of the molecule is CCOC(=O)c1cc2sc(C3CCCC3)nc2[nH]1.O.O=C(O)c1cc2sc(C3CCCC3)nc2[nH]1.[Li+].[OH-]. The van der Waals surface area contributed by atoms with Crippen molar-refractivity contribution >= 4 is 55.3 Å². The van der Waals surface area contributed by atoms with Gasteiger partial charge >= 0.3 is 30.8 Å². The van der Waals surface area contributed by atoms with Crippen molar-refractivity contribution < 1.29 is 49.2 Å². The van der Waals surface area contributed by atoms with Gasteiger partial charge in [-0.15, -0.1) is 22.7 Å². The fourth-order valence-electron chi connectivity index (χ4n) is 4.79. The number of hydrogen-bond acceptors (Lipinski definition) is 8. The fraction of sp³-hybridized carbons (Fsp3) is 0.500. The number of carboxylic acid groups (broad SMARTS) is 1. The van der Waals surface area contributed by atoms with Crippen molar-refractivity contribution in [2.75, 3.05) is 6.61 Å². The number of nitrogens with zero attached hydrogens (tertiary/aromatic N) is 2. The van der Waals surface area contributed by atoms with Crippen molar-refractivity contribution in [3.63, 3.8) is 0 Å². The van der Waals surface area contributed by atoms with Crippen LogP contribution >= 0.6 is 22.7 Å². The molecule has 0 spiro atoms. The molecule has 13 heteroatoms. The summed E-state index contributed by atoms with van der Waals surface area (Å²) in [6.07, 6.45) is 10.2. The van der Waals surface area contributed by atoms with E-state index < -0.39 is 5.97 Å². The van der Waals surface area contributed by atoms with E-state index in [1.165, 1.54) is 56.4 Å². The van der Waals surface area contributed by atoms with E-state index in [1.807, 2.05) is 6.07 Å². The largest absolute Gasteiger partial charge is 1.00 e. The van der Waals surface area contributed by atoms with Gasteiger partial charge in [-0.05, 0) is 44.7 Å². The van der Waals surface area contributed by atoms with Gasteiger partial charge in [-0.3, -0.25) is 0 Å². The Labute approximate surface area is 234 Å². The first kappa shape index (κ1) is 31.0. The molecule has 2 saturated carbocycles. The number of fused-ring (bicyclic) bond motifs is 2. The van der Waals surface area contributed by atoms with E-state index in [-0.39, 0.29) is 41.5 Å². The molecule has 2 aliphatic rings. The van der Waals surface area contributed by atoms with Gasteiger partial charge in [-0.25, -0.2) is 19.6 Å². The summed E-state index contributed by atoms with van der Waals surface area (Å²) in [5.74, 6) is -0.00125. The monoisotopic (exact) mass is 542 g/mol. The van der Waals surface area contributed by atoms with Gasteiger partial charge in [0.05, 0.1) is 26.0 Å². The normalized spacial score (nSPS) is 15.5. The van der Waals surface area contributed by atoms with Crippen molar-refractivity contribution in [2.24, 2.45) is 0 Å². The molecule has 4 heterocycles. The molecule has 0 aliphatic heterocycles. The molecule has 4 aromatic heterocycles. The Morgan fingerprint density at radius 3 is 1.76 bits per heavy atom. The number of hydrogen-bond donors (Lipinski definition) is 3. The van der Waals surface area contributed by atoms with Crippen molar-refractivity contribution in [3.05, 3.63) is 33.5 Å². The van der Waals surface area contributed by atoms with Crippen molar-refractivity contribution in [1.29, 1.82) is 0 Å². The fourth-order valence-corrected chi connectivity index (χ4v) is 7.06. The third kappa shape index (κ3) is 6.82. The van der Waals surface area contributed by atoms with E-state index in [9.17, 15) is 9.59 Å². The molecule has 196 valence electrons. The second-order valence-electron chi connectivity index (χ2n) is 8.88. The summed E-state index contributed by atoms with van der Waals surface area (Å²) in [5, 5.41) is 11.2. The van der Waals surface area contributed by atoms with Gasteiger partial charge in [-0.2, -0.15) is 0 Å². The van der Waals surface area contributed by atoms with Crippen LogP contribution in [0.15, 0.2) is 12.1 Å². The Kier molecular flexibility index (Phi) is 11.4. The minimum atomic E-state index is -0.924. The van der Waals surface area contributed by atoms with Crippen molar-refractivity contribution in [2.45, 2.75) is 70.1 Å². The summed E-state index contributed by atoms with van der Waals surface area (Å²) in [4.78, 5) is 37.3. The summed E-state index contributed by atoms with van der Waals surface area (Å²) in [6.45, 7) is 2.20. The number of thiazole rings is 2. The number of ether oxygens (including phenoxy) is 1. The van der Waals surface area contributed by atoms with Gasteiger partial charge in [0.1, 0.15) is 22.7 Å². The minimum absolute atomic E-state index is 0. The first-order valence-electron chi connectivity index (χ1n) is 11.9. The average Bonchev–Trinajstić information content (AvgIpc) is 3.61. The zero-order valence-corrected chi connectivity index (χ0v) is 22.6. The van der Waals surface area contributed by atoms with Crippen LogP contribution in [0.5, 0.6) is 0 Å². The third-order valence-corrected chi connectivity index (χ3v) is 8.86. The van der Waals surface area contributed by atoms with Gasteiger partial charge in [0.15, 0.2) is 0 Å². The Morgan fingerprint density at radius 1 is 0.919 bits per heavy atom. The predicted molar refractivity (Wildman–Crippen MR) is 139 cm³/mol. The summed E-state index contributed by atoms with van der Waals surface area (Å²) in [7, 11) is 0. The second-order valence-corrected chi connectivity index (χ2v) is 11.0. The Hall–Kier alpha value is -2.20. The van der Waals surface area contributed by atoms with E-state index in [1.54, 1.807) is 35.7 Å². The minimum Gasteiger partial charge on any atom is -0.870 e. The summed E-state index contributed by atoms with van der Waals surface area (Å²) in [6, 6.07) is 3.53. The van der Waals surface area contributed by atoms with Crippen LogP contribution in [0.25, 0.3) is 20.7 Å². The molecule has 37 heavy (non-hydrogen) atoms. The molecule has 0 radical (unpaired) electrons. The first-order valence-corrected chi connectivity index (χ1v) is 13.5. The van der Waals surface area contributed by atoms with Gasteiger partial charge in [0.25, 0.3) is 0 Å². The molecule has 0 aromatic carbocycles. The van der Waals surface area contributed by atoms with Crippen LogP contribution in [0, 0.1) is 0 Å². The van der Waals surface area contributed by atoms with Crippen LogP contribution in [0.3, 0.4) is 0 Å². The van der Waals surface area contributed by atoms with Crippen molar-refractivity contribution in [3.8, 4) is 0 Å². The number of carbonyl (C=O) groups excluding carboxylic acids is 1. The molecule has 0 atom stereocenters. The Morgan fingerprint density at radius 2 is 1.35 bits per heavy atom. The molecule has 0 saturated heterocycles. The van der Waals surface area contributed by atoms with Gasteiger partial charge in [0, 0.05) is 11.8 Å². The quantitative estimate of drug-likeness (QED) is 0.255. The topological polar surface area (TPSA) is 182 Å². The molecule has 6 rings (SSSR count). The van der Waals surface area contributed by atoms with E-state index in [4.69, 9.17) is 9.84 Å². The number of esters is 1. The van der Waals surface area contributed by atoms with E-state index in [2.05, 4.69) is 19.9 Å². The molecule has 2 aliphatic carbocycles. The summed E-state index contributed by atoms with van der Waals surface area (Å²) in [5.41, 5.74) is 2.28. The number of aromatic carboxylic acids is 1. The average molecular weight is 543 g/mol. The molecular weight excluding hydrogens is 511 g/mol. The van der Waals surface area contributed by atoms with Crippen LogP contribution in [-0.2, 0) is 4.74 Å². The van der Waals surface area contributed by atoms with Gasteiger partial charge < -0.3 is 30.8 Å². The predicted octanol–water partition coefficient (Wildman–Crippen LogP) is 2.44. The zero-order chi connectivity index (χ0) is 23.7. The number of carbonyl (C=O) groups is 2. The number of carboxylic acids is 1. The second kappa shape index (κ2) is 13.6. The van der Waals surface area contributed by atoms with Crippen LogP contribution in [0.1, 0.15) is 101 Å². The molecule has 6 N–H and O–H groups in total. The van der Waals surface area contributed by atoms with Crippen LogP contribution < -0.4 is 18.9 Å². The van der Waals surface area contributed by atoms with Gasteiger partial charge in [-0.1, -0.05) is 25.7 Å². The molecular formula is C24H31LiN4O6S2. The smallest absolute Gasteiger partial charge is 0.870 e. The van der Waals surface area contributed by atoms with Gasteiger partial charge in [0.2, 0.25) is 0 Å². The van der Waals surface area contributed by atoms with Crippen LogP contribution in [-0.4, -0.2) is 54.5 Å². The number of H-pyrrole nitrogens is 2. The standard InChI is InChI=1S/C13H16N2O2S.C11H12N2O2S.Li.2H2O/c1-2-17-13(16)9-7-10-11(14-9)15-12(18-10)8-5-3-4-6-8;14-11(15)7-5-8-9(12-7)13-10(16-8)6-3-1-2-4-6;;;/h7-8,14H,2-6H2,1H3;5-6,12H,1-4H2,(H,14,15);;2*1H2/q;;+1;;/p-1. The maximum atomic E-state index is 11.6. The maximum Gasteiger partial charge on any atom is 1.00 e. The molecule has 4 aromatic rings. The zero-order valence-electron chi connectivity index (χ0n) is 21.0. The molecule has 0 amide bonds. The first-order chi connectivity index (χ1) is 16.5. The number of aromatic nitrogens is 4. The van der Waals surface area contributed by atoms with E-state index in [0.29, 0.717) is 24.1 Å². The maximum absolute atomic E-state index is 11.6. The number of nitrogens with one attached hydrogen (secondary N) is 2. The van der Waals surface area contributed by atoms with E-state index in [0.717, 1.165) is 25.7 Å². The molecule has 0 bridgehead atoms. The Bertz CT molecular complexity index is 1250. The van der Waals surface area contributed by atoms with Crippen molar-refractivity contribution in [1.82, 2.24) is 19.9 Å². The summed E-state index contributed by atoms with van der Waals surface area (Å²) < 4.78 is 6.98. The summed E-state index contributed by atoms with van der Waals surface area (Å²) >= 11 is 3.33. The molecule has 10 nitrogen and oxygen atoms in total.